The van der Waals surface area contributed by atoms with E-state index in [0.717, 1.165) is 5.56 Å². The van der Waals surface area contributed by atoms with Gasteiger partial charge in [0.25, 0.3) is 5.91 Å². The number of carboxylic acids is 1. The van der Waals surface area contributed by atoms with Crippen LogP contribution in [0.1, 0.15) is 34.0 Å². The summed E-state index contributed by atoms with van der Waals surface area (Å²) in [6.07, 6.45) is 1.58. The molecule has 8 nitrogen and oxygen atoms in total. The third-order valence-corrected chi connectivity index (χ3v) is 4.46. The minimum absolute atomic E-state index is 0.00891. The summed E-state index contributed by atoms with van der Waals surface area (Å²) in [6.45, 7) is 1.25. The molecule has 2 heterocycles. The summed E-state index contributed by atoms with van der Waals surface area (Å²) in [4.78, 5) is 25.7. The fourth-order valence-electron chi connectivity index (χ4n) is 3.34. The standard InChI is InChI=1S/C17H20N4O4/c1-25-10-11-3-2-4-12(5-11)17(24)21-8-13(6-16(22)23)14(9-21)15-7-18-20-19-15/h2-5,7,13-14H,6,8-10H2,1H3,(H,22,23)(H,18,19,20). The Balaban J connectivity index is 1.79. The Hall–Kier alpha value is -2.74. The van der Waals surface area contributed by atoms with Crippen molar-refractivity contribution < 1.29 is 19.4 Å². The molecule has 0 aliphatic carbocycles. The van der Waals surface area contributed by atoms with E-state index in [9.17, 15) is 9.59 Å². The highest BCUT2D eigenvalue weighted by atomic mass is 16.5. The van der Waals surface area contributed by atoms with Crippen molar-refractivity contribution in [3.05, 3.63) is 47.3 Å². The van der Waals surface area contributed by atoms with Crippen LogP contribution in [0.25, 0.3) is 0 Å². The van der Waals surface area contributed by atoms with Gasteiger partial charge in [-0.3, -0.25) is 9.59 Å². The van der Waals surface area contributed by atoms with Gasteiger partial charge < -0.3 is 14.7 Å². The van der Waals surface area contributed by atoms with E-state index >= 15 is 0 Å². The van der Waals surface area contributed by atoms with Crippen molar-refractivity contribution in [1.29, 1.82) is 0 Å². The van der Waals surface area contributed by atoms with Gasteiger partial charge in [-0.2, -0.15) is 15.4 Å². The molecule has 2 aromatic rings. The van der Waals surface area contributed by atoms with Gasteiger partial charge in [0, 0.05) is 31.7 Å². The van der Waals surface area contributed by atoms with Gasteiger partial charge in [0.05, 0.1) is 24.9 Å². The van der Waals surface area contributed by atoms with E-state index in [1.807, 2.05) is 18.2 Å². The van der Waals surface area contributed by atoms with E-state index in [2.05, 4.69) is 15.4 Å². The summed E-state index contributed by atoms with van der Waals surface area (Å²) in [5, 5.41) is 19.6. The molecule has 2 unspecified atom stereocenters. The van der Waals surface area contributed by atoms with Gasteiger partial charge in [0.2, 0.25) is 0 Å². The lowest BCUT2D eigenvalue weighted by Crippen LogP contribution is -2.29. The number of nitrogens with zero attached hydrogens (tertiary/aromatic N) is 3. The van der Waals surface area contributed by atoms with Crippen LogP contribution in [0, 0.1) is 5.92 Å². The lowest BCUT2D eigenvalue weighted by atomic mass is 9.91. The van der Waals surface area contributed by atoms with Crippen molar-refractivity contribution in [2.75, 3.05) is 20.2 Å². The number of hydrogen-bond donors (Lipinski definition) is 2. The van der Waals surface area contributed by atoms with Crippen LogP contribution in [0.15, 0.2) is 30.5 Å². The Morgan fingerprint density at radius 1 is 1.40 bits per heavy atom. The number of aromatic nitrogens is 3. The maximum Gasteiger partial charge on any atom is 0.303 e. The number of carbonyl (C=O) groups is 2. The van der Waals surface area contributed by atoms with E-state index in [-0.39, 0.29) is 24.2 Å². The van der Waals surface area contributed by atoms with Crippen LogP contribution >= 0.6 is 0 Å². The van der Waals surface area contributed by atoms with E-state index in [1.165, 1.54) is 0 Å². The average molecular weight is 344 g/mol. The first-order valence-electron chi connectivity index (χ1n) is 8.03. The fourth-order valence-corrected chi connectivity index (χ4v) is 3.34. The Kier molecular flexibility index (Phi) is 5.08. The van der Waals surface area contributed by atoms with Gasteiger partial charge in [-0.1, -0.05) is 12.1 Å². The normalized spacial score (nSPS) is 20.0. The zero-order chi connectivity index (χ0) is 17.8. The number of nitrogens with one attached hydrogen (secondary N) is 1. The molecule has 132 valence electrons. The number of aliphatic carboxylic acids is 1. The van der Waals surface area contributed by atoms with Crippen molar-refractivity contribution in [3.8, 4) is 0 Å². The molecule has 1 aliphatic rings. The van der Waals surface area contributed by atoms with Crippen LogP contribution in [0.5, 0.6) is 0 Å². The lowest BCUT2D eigenvalue weighted by molar-refractivity contribution is -0.138. The predicted octanol–water partition coefficient (Wildman–Crippen LogP) is 1.28. The molecule has 1 saturated heterocycles. The van der Waals surface area contributed by atoms with Crippen molar-refractivity contribution in [1.82, 2.24) is 20.3 Å². The molecule has 2 atom stereocenters. The number of H-pyrrole nitrogens is 1. The first-order chi connectivity index (χ1) is 12.1. The van der Waals surface area contributed by atoms with Crippen molar-refractivity contribution in [3.63, 3.8) is 0 Å². The molecular weight excluding hydrogens is 324 g/mol. The highest BCUT2D eigenvalue weighted by Gasteiger charge is 2.38. The van der Waals surface area contributed by atoms with Gasteiger partial charge in [-0.05, 0) is 23.6 Å². The molecule has 0 bridgehead atoms. The summed E-state index contributed by atoms with van der Waals surface area (Å²) >= 11 is 0. The summed E-state index contributed by atoms with van der Waals surface area (Å²) in [5.74, 6) is -1.32. The maximum absolute atomic E-state index is 12.8. The number of rotatable bonds is 6. The minimum Gasteiger partial charge on any atom is -0.481 e. The van der Waals surface area contributed by atoms with E-state index < -0.39 is 5.97 Å². The lowest BCUT2D eigenvalue weighted by Gasteiger charge is -2.16. The Bertz CT molecular complexity index is 747. The molecule has 25 heavy (non-hydrogen) atoms. The SMILES string of the molecule is COCc1cccc(C(=O)N2CC(CC(=O)O)C(c3cn[nH]n3)C2)c1. The highest BCUT2D eigenvalue weighted by Crippen LogP contribution is 2.34. The predicted molar refractivity (Wildman–Crippen MR) is 87.9 cm³/mol. The quantitative estimate of drug-likeness (QED) is 0.817. The zero-order valence-corrected chi connectivity index (χ0v) is 13.9. The summed E-state index contributed by atoms with van der Waals surface area (Å²) in [5.41, 5.74) is 2.18. The molecule has 1 amide bonds. The molecule has 2 N–H and O–H groups in total. The molecule has 0 radical (unpaired) electrons. The van der Waals surface area contributed by atoms with E-state index in [1.54, 1.807) is 24.3 Å². The molecule has 1 aromatic carbocycles. The van der Waals surface area contributed by atoms with Crippen LogP contribution < -0.4 is 0 Å². The van der Waals surface area contributed by atoms with Gasteiger partial charge in [-0.15, -0.1) is 0 Å². The maximum atomic E-state index is 12.8. The van der Waals surface area contributed by atoms with E-state index in [0.29, 0.717) is 31.0 Å². The summed E-state index contributed by atoms with van der Waals surface area (Å²) in [7, 11) is 1.61. The first-order valence-corrected chi connectivity index (χ1v) is 8.03. The van der Waals surface area contributed by atoms with Crippen LogP contribution in [-0.2, 0) is 16.1 Å². The molecule has 1 aliphatic heterocycles. The number of ether oxygens (including phenoxy) is 1. The summed E-state index contributed by atoms with van der Waals surface area (Å²) < 4.78 is 5.11. The number of carboxylic acid groups (broad SMARTS) is 1. The second-order valence-corrected chi connectivity index (χ2v) is 6.20. The smallest absolute Gasteiger partial charge is 0.303 e. The zero-order valence-electron chi connectivity index (χ0n) is 13.9. The largest absolute Gasteiger partial charge is 0.481 e. The molecule has 3 rings (SSSR count). The number of amides is 1. The number of methoxy groups -OCH3 is 1. The first kappa shape index (κ1) is 17.1. The van der Waals surface area contributed by atoms with Crippen molar-refractivity contribution >= 4 is 11.9 Å². The Labute approximate surface area is 144 Å². The second-order valence-electron chi connectivity index (χ2n) is 6.20. The number of likely N-dealkylation sites (tertiary alicyclic amines) is 1. The molecule has 0 spiro atoms. The van der Waals surface area contributed by atoms with Gasteiger partial charge in [-0.25, -0.2) is 0 Å². The summed E-state index contributed by atoms with van der Waals surface area (Å²) in [6, 6.07) is 7.29. The van der Waals surface area contributed by atoms with Crippen LogP contribution in [-0.4, -0.2) is 57.5 Å². The van der Waals surface area contributed by atoms with Gasteiger partial charge in [0.1, 0.15) is 0 Å². The van der Waals surface area contributed by atoms with Crippen LogP contribution in [0.2, 0.25) is 0 Å². The van der Waals surface area contributed by atoms with Gasteiger partial charge in [0.15, 0.2) is 0 Å². The second kappa shape index (κ2) is 7.43. The molecular formula is C17H20N4O4. The number of hydrogen-bond acceptors (Lipinski definition) is 5. The Morgan fingerprint density at radius 3 is 2.92 bits per heavy atom. The fraction of sp³-hybridized carbons (Fsp3) is 0.412. The van der Waals surface area contributed by atoms with Crippen LogP contribution in [0.3, 0.4) is 0 Å². The van der Waals surface area contributed by atoms with Gasteiger partial charge >= 0.3 is 5.97 Å². The number of benzene rings is 1. The highest BCUT2D eigenvalue weighted by molar-refractivity contribution is 5.94. The Morgan fingerprint density at radius 2 is 2.24 bits per heavy atom. The number of aromatic amines is 1. The minimum atomic E-state index is -0.880. The molecule has 0 saturated carbocycles. The topological polar surface area (TPSA) is 108 Å². The monoisotopic (exact) mass is 344 g/mol. The van der Waals surface area contributed by atoms with E-state index in [4.69, 9.17) is 9.84 Å². The third-order valence-electron chi connectivity index (χ3n) is 4.46. The molecule has 1 aromatic heterocycles. The number of carbonyl (C=O) groups excluding carboxylic acids is 1. The third kappa shape index (κ3) is 3.85. The molecule has 1 fully saturated rings. The van der Waals surface area contributed by atoms with Crippen LogP contribution in [0.4, 0.5) is 0 Å². The van der Waals surface area contributed by atoms with Crippen molar-refractivity contribution in [2.45, 2.75) is 18.9 Å². The molecule has 8 heteroatoms. The van der Waals surface area contributed by atoms with Crippen molar-refractivity contribution in [2.24, 2.45) is 5.92 Å². The average Bonchev–Trinajstić information content (AvgIpc) is 3.23.